The molecule has 0 radical (unpaired) electrons. The van der Waals surface area contributed by atoms with Gasteiger partial charge in [-0.2, -0.15) is 0 Å². The van der Waals surface area contributed by atoms with Crippen LogP contribution in [0.1, 0.15) is 32.6 Å². The van der Waals surface area contributed by atoms with Crippen LogP contribution in [0.5, 0.6) is 0 Å². The number of nitrogen functional groups attached to an aromatic ring is 1. The van der Waals surface area contributed by atoms with Crippen LogP contribution < -0.4 is 5.73 Å². The molecule has 2 aromatic rings. The summed E-state index contributed by atoms with van der Waals surface area (Å²) in [4.78, 5) is 16.4. The highest BCUT2D eigenvalue weighted by Gasteiger charge is 2.25. The highest BCUT2D eigenvalue weighted by molar-refractivity contribution is 7.14. The molecule has 1 aromatic carbocycles. The Hall–Kier alpha value is -1.81. The number of aryl methyl sites for hydroxylation is 1. The Balaban J connectivity index is 1.80. The number of thiophene rings is 1. The van der Waals surface area contributed by atoms with E-state index in [-0.39, 0.29) is 5.91 Å². The second-order valence-electron chi connectivity index (χ2n) is 4.81. The smallest absolute Gasteiger partial charge is 0.264 e. The molecular weight excluding hydrogens is 256 g/mol. The quantitative estimate of drug-likeness (QED) is 0.854. The van der Waals surface area contributed by atoms with E-state index >= 15 is 0 Å². The molecule has 0 atom stereocenters. The minimum Gasteiger partial charge on any atom is -0.399 e. The molecule has 98 valence electrons. The molecule has 3 rings (SSSR count). The molecule has 2 N–H and O–H groups in total. The zero-order chi connectivity index (χ0) is 13.4. The van der Waals surface area contributed by atoms with Crippen molar-refractivity contribution in [2.24, 2.45) is 0 Å². The Morgan fingerprint density at radius 2 is 2.05 bits per heavy atom. The average Bonchev–Trinajstić information content (AvgIpc) is 3.03. The number of carbonyl (C=O) groups excluding carboxylic acids is 1. The minimum atomic E-state index is 0.125. The maximum atomic E-state index is 12.4. The Bertz CT molecular complexity index is 633. The molecule has 19 heavy (non-hydrogen) atoms. The first-order valence-corrected chi connectivity index (χ1v) is 7.24. The van der Waals surface area contributed by atoms with Crippen molar-refractivity contribution in [3.63, 3.8) is 0 Å². The van der Waals surface area contributed by atoms with E-state index in [1.54, 1.807) is 11.3 Å². The number of amides is 1. The van der Waals surface area contributed by atoms with Gasteiger partial charge in [0, 0.05) is 23.7 Å². The zero-order valence-electron chi connectivity index (χ0n) is 10.8. The van der Waals surface area contributed by atoms with Gasteiger partial charge in [0.1, 0.15) is 0 Å². The van der Waals surface area contributed by atoms with E-state index < -0.39 is 0 Å². The Kier molecular flexibility index (Phi) is 3.03. The van der Waals surface area contributed by atoms with E-state index in [4.69, 9.17) is 5.73 Å². The number of hydrogen-bond acceptors (Lipinski definition) is 3. The summed E-state index contributed by atoms with van der Waals surface area (Å²) in [7, 11) is 0. The summed E-state index contributed by atoms with van der Waals surface area (Å²) in [5.74, 6) is 0.125. The van der Waals surface area contributed by atoms with E-state index in [0.717, 1.165) is 17.0 Å². The van der Waals surface area contributed by atoms with E-state index in [1.807, 2.05) is 35.2 Å². The fraction of sp³-hybridized carbons (Fsp3) is 0.267. The molecule has 1 aromatic heterocycles. The zero-order valence-corrected chi connectivity index (χ0v) is 11.7. The first kappa shape index (κ1) is 12.2. The predicted molar refractivity (Wildman–Crippen MR) is 78.1 cm³/mol. The van der Waals surface area contributed by atoms with Gasteiger partial charge in [0.05, 0.1) is 4.88 Å². The Morgan fingerprint density at radius 3 is 2.79 bits per heavy atom. The number of carbonyl (C=O) groups is 1. The van der Waals surface area contributed by atoms with Gasteiger partial charge in [-0.3, -0.25) is 4.79 Å². The minimum absolute atomic E-state index is 0.125. The summed E-state index contributed by atoms with van der Waals surface area (Å²) in [6, 6.07) is 9.85. The Morgan fingerprint density at radius 1 is 1.26 bits per heavy atom. The first-order valence-electron chi connectivity index (χ1n) is 6.42. The molecule has 3 nitrogen and oxygen atoms in total. The van der Waals surface area contributed by atoms with Crippen LogP contribution in [0.15, 0.2) is 30.3 Å². The standard InChI is InChI=1S/C15H16N2OS/c1-2-13-5-6-14(19-13)15(18)17-8-10-3-4-12(16)7-11(10)9-17/h3-7H,2,8-9,16H2,1H3. The maximum Gasteiger partial charge on any atom is 0.264 e. The summed E-state index contributed by atoms with van der Waals surface area (Å²) >= 11 is 1.59. The van der Waals surface area contributed by atoms with Gasteiger partial charge < -0.3 is 10.6 Å². The lowest BCUT2D eigenvalue weighted by molar-refractivity contribution is 0.0756. The molecule has 2 heterocycles. The van der Waals surface area contributed by atoms with E-state index in [0.29, 0.717) is 13.1 Å². The van der Waals surface area contributed by atoms with Crippen LogP contribution in [0.3, 0.4) is 0 Å². The number of rotatable bonds is 2. The third kappa shape index (κ3) is 2.24. The van der Waals surface area contributed by atoms with Crippen molar-refractivity contribution in [2.45, 2.75) is 26.4 Å². The van der Waals surface area contributed by atoms with E-state index in [9.17, 15) is 4.79 Å². The van der Waals surface area contributed by atoms with Crippen LogP contribution in [-0.2, 0) is 19.5 Å². The van der Waals surface area contributed by atoms with Crippen LogP contribution in [0.25, 0.3) is 0 Å². The summed E-state index contributed by atoms with van der Waals surface area (Å²) in [5.41, 5.74) is 8.92. The third-order valence-corrected chi connectivity index (χ3v) is 4.68. The molecule has 4 heteroatoms. The van der Waals surface area contributed by atoms with Crippen molar-refractivity contribution in [3.05, 3.63) is 51.2 Å². The SMILES string of the molecule is CCc1ccc(C(=O)N2Cc3ccc(N)cc3C2)s1. The average molecular weight is 272 g/mol. The van der Waals surface area contributed by atoms with Crippen molar-refractivity contribution in [1.82, 2.24) is 4.90 Å². The van der Waals surface area contributed by atoms with Gasteiger partial charge in [0.25, 0.3) is 5.91 Å². The van der Waals surface area contributed by atoms with Gasteiger partial charge in [-0.15, -0.1) is 11.3 Å². The topological polar surface area (TPSA) is 46.3 Å². The lowest BCUT2D eigenvalue weighted by Crippen LogP contribution is -2.24. The monoisotopic (exact) mass is 272 g/mol. The second-order valence-corrected chi connectivity index (χ2v) is 5.98. The second kappa shape index (κ2) is 4.70. The molecular formula is C15H16N2OS. The predicted octanol–water partition coefficient (Wildman–Crippen LogP) is 3.05. The molecule has 1 amide bonds. The number of benzene rings is 1. The lowest BCUT2D eigenvalue weighted by Gasteiger charge is -2.13. The fourth-order valence-electron chi connectivity index (χ4n) is 2.40. The normalized spacial score (nSPS) is 13.6. The van der Waals surface area contributed by atoms with Gasteiger partial charge in [0.2, 0.25) is 0 Å². The number of anilines is 1. The van der Waals surface area contributed by atoms with Crippen LogP contribution in [0.4, 0.5) is 5.69 Å². The largest absolute Gasteiger partial charge is 0.399 e. The lowest BCUT2D eigenvalue weighted by atomic mass is 10.1. The van der Waals surface area contributed by atoms with Crippen molar-refractivity contribution in [2.75, 3.05) is 5.73 Å². The fourth-order valence-corrected chi connectivity index (χ4v) is 3.31. The molecule has 0 unspecified atom stereocenters. The van der Waals surface area contributed by atoms with Crippen molar-refractivity contribution >= 4 is 22.9 Å². The molecule has 0 spiro atoms. The van der Waals surface area contributed by atoms with Crippen LogP contribution >= 0.6 is 11.3 Å². The molecule has 0 aliphatic carbocycles. The molecule has 1 aliphatic rings. The number of nitrogens with zero attached hydrogens (tertiary/aromatic N) is 1. The highest BCUT2D eigenvalue weighted by Crippen LogP contribution is 2.27. The van der Waals surface area contributed by atoms with E-state index in [1.165, 1.54) is 16.0 Å². The van der Waals surface area contributed by atoms with Gasteiger partial charge in [-0.1, -0.05) is 13.0 Å². The van der Waals surface area contributed by atoms with Gasteiger partial charge in [-0.25, -0.2) is 0 Å². The van der Waals surface area contributed by atoms with Crippen molar-refractivity contribution < 1.29 is 4.79 Å². The van der Waals surface area contributed by atoms with Crippen molar-refractivity contribution in [3.8, 4) is 0 Å². The maximum absolute atomic E-state index is 12.4. The summed E-state index contributed by atoms with van der Waals surface area (Å²) in [6.45, 7) is 3.46. The molecule has 1 aliphatic heterocycles. The first-order chi connectivity index (χ1) is 9.17. The molecule has 0 fully saturated rings. The van der Waals surface area contributed by atoms with Crippen LogP contribution in [-0.4, -0.2) is 10.8 Å². The molecule has 0 bridgehead atoms. The van der Waals surface area contributed by atoms with Crippen LogP contribution in [0, 0.1) is 0 Å². The summed E-state index contributed by atoms with van der Waals surface area (Å²) in [6.07, 6.45) is 0.981. The highest BCUT2D eigenvalue weighted by atomic mass is 32.1. The third-order valence-electron chi connectivity index (χ3n) is 3.46. The van der Waals surface area contributed by atoms with Gasteiger partial charge in [0.15, 0.2) is 0 Å². The van der Waals surface area contributed by atoms with Crippen LogP contribution in [0.2, 0.25) is 0 Å². The van der Waals surface area contributed by atoms with E-state index in [2.05, 4.69) is 6.92 Å². The van der Waals surface area contributed by atoms with Gasteiger partial charge >= 0.3 is 0 Å². The molecule has 0 saturated heterocycles. The van der Waals surface area contributed by atoms with Crippen molar-refractivity contribution in [1.29, 1.82) is 0 Å². The number of hydrogen-bond donors (Lipinski definition) is 1. The number of nitrogens with two attached hydrogens (primary N) is 1. The summed E-state index contributed by atoms with van der Waals surface area (Å²) < 4.78 is 0. The summed E-state index contributed by atoms with van der Waals surface area (Å²) in [5, 5.41) is 0. The molecule has 0 saturated carbocycles. The number of fused-ring (bicyclic) bond motifs is 1. The Labute approximate surface area is 116 Å². The van der Waals surface area contributed by atoms with Gasteiger partial charge in [-0.05, 0) is 41.8 Å².